The number of ether oxygens (including phenoxy) is 1. The molecule has 0 radical (unpaired) electrons. The van der Waals surface area contributed by atoms with E-state index in [0.29, 0.717) is 12.0 Å². The van der Waals surface area contributed by atoms with Gasteiger partial charge in [0.1, 0.15) is 11.6 Å². The van der Waals surface area contributed by atoms with Crippen molar-refractivity contribution in [1.82, 2.24) is 4.90 Å². The number of amides is 2. The summed E-state index contributed by atoms with van der Waals surface area (Å²) in [5, 5.41) is 10.1. The third kappa shape index (κ3) is 4.99. The molecule has 7 heteroatoms. The van der Waals surface area contributed by atoms with Crippen LogP contribution in [0, 0.1) is 17.6 Å². The van der Waals surface area contributed by atoms with E-state index in [2.05, 4.69) is 0 Å². The average Bonchev–Trinajstić information content (AvgIpc) is 2.92. The van der Waals surface area contributed by atoms with Gasteiger partial charge in [0.25, 0.3) is 0 Å². The second-order valence-corrected chi connectivity index (χ2v) is 6.83. The van der Waals surface area contributed by atoms with Crippen LogP contribution in [0.2, 0.25) is 0 Å². The molecule has 1 heterocycles. The number of likely N-dealkylation sites (tertiary alicyclic amines) is 1. The molecule has 148 valence electrons. The Morgan fingerprint density at radius 3 is 2.54 bits per heavy atom. The zero-order valence-electron chi connectivity index (χ0n) is 15.2. The van der Waals surface area contributed by atoms with Crippen molar-refractivity contribution in [2.45, 2.75) is 25.6 Å². The summed E-state index contributed by atoms with van der Waals surface area (Å²) in [5.74, 6) is -2.00. The Hall–Kier alpha value is -2.64. The first-order valence-corrected chi connectivity index (χ1v) is 9.02. The Morgan fingerprint density at radius 2 is 1.82 bits per heavy atom. The summed E-state index contributed by atoms with van der Waals surface area (Å²) in [5.41, 5.74) is 1.13. The molecule has 0 spiro atoms. The number of nitrogens with zero attached hydrogens (tertiary/aromatic N) is 1. The number of β-amino-alcohol motifs (C(OH)–C–C–N with tert-alkyl or cyclic N) is 1. The second kappa shape index (κ2) is 9.03. The van der Waals surface area contributed by atoms with Gasteiger partial charge in [0.15, 0.2) is 0 Å². The molecule has 0 bridgehead atoms. The van der Waals surface area contributed by atoms with E-state index in [1.165, 1.54) is 18.2 Å². The van der Waals surface area contributed by atoms with Gasteiger partial charge in [-0.1, -0.05) is 30.3 Å². The summed E-state index contributed by atoms with van der Waals surface area (Å²) in [6, 6.07) is 11.9. The summed E-state index contributed by atoms with van der Waals surface area (Å²) in [4.78, 5) is 25.7. The first-order valence-electron chi connectivity index (χ1n) is 9.02. The topological polar surface area (TPSA) is 66.8 Å². The molecule has 1 aliphatic heterocycles. The van der Waals surface area contributed by atoms with Gasteiger partial charge in [-0.05, 0) is 30.2 Å². The number of aliphatic hydroxyl groups excluding tert-OH is 1. The molecule has 0 aliphatic carbocycles. The van der Waals surface area contributed by atoms with Gasteiger partial charge in [0, 0.05) is 12.0 Å². The molecule has 1 fully saturated rings. The first-order chi connectivity index (χ1) is 13.4. The summed E-state index contributed by atoms with van der Waals surface area (Å²) >= 11 is 0. The Kier molecular flexibility index (Phi) is 6.49. The average molecular weight is 389 g/mol. The SMILES string of the molecule is O=C1CC(Cc2ccc(F)cc2)C(=O)N1CC(O)COCc1ccccc1F. The van der Waals surface area contributed by atoms with Crippen molar-refractivity contribution in [1.29, 1.82) is 0 Å². The van der Waals surface area contributed by atoms with E-state index in [-0.39, 0.29) is 43.8 Å². The van der Waals surface area contributed by atoms with E-state index in [0.717, 1.165) is 10.5 Å². The molecule has 28 heavy (non-hydrogen) atoms. The number of carbonyl (C=O) groups excluding carboxylic acids is 2. The van der Waals surface area contributed by atoms with Crippen LogP contribution < -0.4 is 0 Å². The van der Waals surface area contributed by atoms with Crippen molar-refractivity contribution >= 4 is 11.8 Å². The highest BCUT2D eigenvalue weighted by Crippen LogP contribution is 2.24. The first kappa shape index (κ1) is 20.1. The Morgan fingerprint density at radius 1 is 1.11 bits per heavy atom. The zero-order valence-corrected chi connectivity index (χ0v) is 15.2. The second-order valence-electron chi connectivity index (χ2n) is 6.83. The maximum atomic E-state index is 13.5. The van der Waals surface area contributed by atoms with E-state index in [1.807, 2.05) is 0 Å². The number of hydrogen-bond acceptors (Lipinski definition) is 4. The highest BCUT2D eigenvalue weighted by atomic mass is 19.1. The van der Waals surface area contributed by atoms with Gasteiger partial charge in [0.2, 0.25) is 11.8 Å². The minimum absolute atomic E-state index is 0.0151. The van der Waals surface area contributed by atoms with Crippen molar-refractivity contribution in [2.24, 2.45) is 5.92 Å². The van der Waals surface area contributed by atoms with E-state index in [4.69, 9.17) is 4.74 Å². The number of hydrogen-bond donors (Lipinski definition) is 1. The number of benzene rings is 2. The van der Waals surface area contributed by atoms with Crippen LogP contribution in [0.3, 0.4) is 0 Å². The third-order valence-electron chi connectivity index (χ3n) is 4.65. The van der Waals surface area contributed by atoms with Crippen LogP contribution in [0.4, 0.5) is 8.78 Å². The number of imide groups is 1. The molecule has 2 atom stereocenters. The lowest BCUT2D eigenvalue weighted by molar-refractivity contribution is -0.141. The molecule has 1 aliphatic rings. The smallest absolute Gasteiger partial charge is 0.233 e. The number of rotatable bonds is 8. The molecule has 3 rings (SSSR count). The monoisotopic (exact) mass is 389 g/mol. The predicted octanol–water partition coefficient (Wildman–Crippen LogP) is 2.46. The van der Waals surface area contributed by atoms with Crippen molar-refractivity contribution in [3.63, 3.8) is 0 Å². The molecule has 2 aromatic carbocycles. The molecule has 1 N–H and O–H groups in total. The maximum absolute atomic E-state index is 13.5. The van der Waals surface area contributed by atoms with Crippen LogP contribution in [0.1, 0.15) is 17.5 Å². The highest BCUT2D eigenvalue weighted by molar-refractivity contribution is 6.03. The fourth-order valence-corrected chi connectivity index (χ4v) is 3.19. The number of carbonyl (C=O) groups is 2. The minimum Gasteiger partial charge on any atom is -0.389 e. The van der Waals surface area contributed by atoms with Crippen LogP contribution in [-0.4, -0.2) is 41.1 Å². The standard InChI is InChI=1S/C21H21F2NO4/c22-17-7-5-14(6-8-17)9-16-10-20(26)24(21(16)27)11-18(25)13-28-12-15-3-1-2-4-19(15)23/h1-8,16,18,25H,9-13H2. The molecule has 2 amide bonds. The van der Waals surface area contributed by atoms with Gasteiger partial charge in [0.05, 0.1) is 31.8 Å². The van der Waals surface area contributed by atoms with E-state index in [1.54, 1.807) is 30.3 Å². The van der Waals surface area contributed by atoms with Gasteiger partial charge in [-0.2, -0.15) is 0 Å². The van der Waals surface area contributed by atoms with Gasteiger partial charge >= 0.3 is 0 Å². The van der Waals surface area contributed by atoms with Crippen molar-refractivity contribution in [2.75, 3.05) is 13.2 Å². The molecule has 2 unspecified atom stereocenters. The Labute approximate surface area is 161 Å². The molecule has 1 saturated heterocycles. The van der Waals surface area contributed by atoms with Gasteiger partial charge in [-0.3, -0.25) is 14.5 Å². The van der Waals surface area contributed by atoms with Crippen molar-refractivity contribution in [3.05, 3.63) is 71.3 Å². The Balaban J connectivity index is 1.49. The fraction of sp³-hybridized carbons (Fsp3) is 0.333. The van der Waals surface area contributed by atoms with Crippen LogP contribution in [0.5, 0.6) is 0 Å². The lowest BCUT2D eigenvalue weighted by atomic mass is 9.98. The summed E-state index contributed by atoms with van der Waals surface area (Å²) in [7, 11) is 0. The summed E-state index contributed by atoms with van der Waals surface area (Å²) < 4.78 is 31.8. The lowest BCUT2D eigenvalue weighted by Gasteiger charge is -2.19. The van der Waals surface area contributed by atoms with E-state index >= 15 is 0 Å². The maximum Gasteiger partial charge on any atom is 0.233 e. The minimum atomic E-state index is -1.07. The largest absolute Gasteiger partial charge is 0.389 e. The third-order valence-corrected chi connectivity index (χ3v) is 4.65. The van der Waals surface area contributed by atoms with Crippen LogP contribution in [-0.2, 0) is 27.4 Å². The van der Waals surface area contributed by atoms with Crippen molar-refractivity contribution < 1.29 is 28.2 Å². The van der Waals surface area contributed by atoms with E-state index < -0.39 is 17.8 Å². The lowest BCUT2D eigenvalue weighted by Crippen LogP contribution is -2.39. The van der Waals surface area contributed by atoms with Crippen LogP contribution in [0.25, 0.3) is 0 Å². The van der Waals surface area contributed by atoms with Crippen LogP contribution >= 0.6 is 0 Å². The predicted molar refractivity (Wildman–Crippen MR) is 97.0 cm³/mol. The van der Waals surface area contributed by atoms with Gasteiger partial charge < -0.3 is 9.84 Å². The number of aliphatic hydroxyl groups is 1. The molecular weight excluding hydrogens is 368 g/mol. The quantitative estimate of drug-likeness (QED) is 0.705. The molecule has 0 aromatic heterocycles. The highest BCUT2D eigenvalue weighted by Gasteiger charge is 2.39. The normalized spacial score (nSPS) is 18.0. The molecular formula is C21H21F2NO4. The fourth-order valence-electron chi connectivity index (χ4n) is 3.19. The van der Waals surface area contributed by atoms with Gasteiger partial charge in [-0.15, -0.1) is 0 Å². The summed E-state index contributed by atoms with van der Waals surface area (Å²) in [6.45, 7) is -0.318. The molecule has 5 nitrogen and oxygen atoms in total. The van der Waals surface area contributed by atoms with Crippen molar-refractivity contribution in [3.8, 4) is 0 Å². The zero-order chi connectivity index (χ0) is 20.1. The molecule has 2 aromatic rings. The summed E-state index contributed by atoms with van der Waals surface area (Å²) in [6.07, 6.45) is -0.676. The van der Waals surface area contributed by atoms with Gasteiger partial charge in [-0.25, -0.2) is 8.78 Å². The number of halogens is 2. The van der Waals surface area contributed by atoms with E-state index in [9.17, 15) is 23.5 Å². The van der Waals surface area contributed by atoms with Crippen LogP contribution in [0.15, 0.2) is 48.5 Å². The molecule has 0 saturated carbocycles. The Bertz CT molecular complexity index is 841.